The summed E-state index contributed by atoms with van der Waals surface area (Å²) in [6.07, 6.45) is -8.23. The number of carbonyl (C=O) groups is 2. The molecule has 0 spiro atoms. The maximum absolute atomic E-state index is 11.3. The predicted octanol–water partition coefficient (Wildman–Crippen LogP) is -2.81. The lowest BCUT2D eigenvalue weighted by molar-refractivity contribution is -0.163. The molecule has 19 heavy (non-hydrogen) atoms. The van der Waals surface area contributed by atoms with Crippen LogP contribution < -0.4 is 0 Å². The first-order chi connectivity index (χ1) is 8.86. The molecule has 0 aromatic heterocycles. The van der Waals surface area contributed by atoms with Crippen LogP contribution in [0.5, 0.6) is 0 Å². The Balaban J connectivity index is 2.61. The molecule has 0 saturated carbocycles. The first-order valence-corrected chi connectivity index (χ1v) is 5.58. The zero-order valence-electron chi connectivity index (χ0n) is 9.88. The number of hydrogen-bond donors (Lipinski definition) is 5. The monoisotopic (exact) mass is 280 g/mol. The van der Waals surface area contributed by atoms with Gasteiger partial charge in [-0.1, -0.05) is 0 Å². The number of aliphatic hydroxyl groups is 4. The number of aliphatic carboxylic acids is 1. The van der Waals surface area contributed by atoms with Crippen molar-refractivity contribution in [2.75, 3.05) is 6.61 Å². The highest BCUT2D eigenvalue weighted by Crippen LogP contribution is 2.25. The Bertz CT molecular complexity index is 331. The Morgan fingerprint density at radius 2 is 1.89 bits per heavy atom. The fourth-order valence-corrected chi connectivity index (χ4v) is 1.65. The van der Waals surface area contributed by atoms with Crippen molar-refractivity contribution in [3.63, 3.8) is 0 Å². The molecule has 110 valence electrons. The molecule has 1 saturated heterocycles. The summed E-state index contributed by atoms with van der Waals surface area (Å²) in [5.74, 6) is -2.11. The number of carboxylic acid groups (broad SMARTS) is 1. The molecule has 5 N–H and O–H groups in total. The molecule has 0 radical (unpaired) electrons. The maximum atomic E-state index is 11.3. The van der Waals surface area contributed by atoms with Crippen LogP contribution in [0.15, 0.2) is 0 Å². The second kappa shape index (κ2) is 6.78. The Kier molecular flexibility index (Phi) is 5.63. The number of carbonyl (C=O) groups excluding carboxylic acids is 1. The second-order valence-electron chi connectivity index (χ2n) is 4.08. The molecular formula is C10H16O9. The van der Waals surface area contributed by atoms with E-state index < -0.39 is 62.1 Å². The zero-order valence-corrected chi connectivity index (χ0v) is 9.88. The van der Waals surface area contributed by atoms with Gasteiger partial charge in [-0.25, -0.2) is 0 Å². The molecule has 1 aliphatic heterocycles. The van der Waals surface area contributed by atoms with Crippen molar-refractivity contribution in [3.8, 4) is 0 Å². The van der Waals surface area contributed by atoms with Crippen LogP contribution in [0, 0.1) is 0 Å². The molecule has 0 aromatic rings. The van der Waals surface area contributed by atoms with Crippen molar-refractivity contribution < 1.29 is 44.6 Å². The first kappa shape index (κ1) is 15.8. The molecule has 9 heteroatoms. The summed E-state index contributed by atoms with van der Waals surface area (Å²) >= 11 is 0. The number of ether oxygens (including phenoxy) is 2. The van der Waals surface area contributed by atoms with Crippen LogP contribution >= 0.6 is 0 Å². The average Bonchev–Trinajstić information content (AvgIpc) is 2.63. The highest BCUT2D eigenvalue weighted by atomic mass is 16.7. The van der Waals surface area contributed by atoms with E-state index >= 15 is 0 Å². The fraction of sp³-hybridized carbons (Fsp3) is 0.800. The topological polar surface area (TPSA) is 154 Å². The molecule has 1 fully saturated rings. The quantitative estimate of drug-likeness (QED) is 0.324. The molecule has 5 atom stereocenters. The molecule has 9 nitrogen and oxygen atoms in total. The Morgan fingerprint density at radius 1 is 1.26 bits per heavy atom. The van der Waals surface area contributed by atoms with E-state index in [2.05, 4.69) is 0 Å². The zero-order chi connectivity index (χ0) is 14.6. The average molecular weight is 280 g/mol. The molecule has 0 aliphatic carbocycles. The van der Waals surface area contributed by atoms with Crippen LogP contribution in [0.3, 0.4) is 0 Å². The minimum Gasteiger partial charge on any atom is -0.481 e. The fourth-order valence-electron chi connectivity index (χ4n) is 1.65. The second-order valence-corrected chi connectivity index (χ2v) is 4.08. The minimum absolute atomic E-state index is 0.420. The van der Waals surface area contributed by atoms with Gasteiger partial charge in [-0.15, -0.1) is 0 Å². The number of hydrogen-bond acceptors (Lipinski definition) is 8. The Hall–Kier alpha value is -1.26. The van der Waals surface area contributed by atoms with E-state index in [1.165, 1.54) is 0 Å². The van der Waals surface area contributed by atoms with Gasteiger partial charge in [0.05, 0.1) is 19.4 Å². The lowest BCUT2D eigenvalue weighted by Gasteiger charge is -2.23. The normalized spacial score (nSPS) is 32.0. The Labute approximate surface area is 108 Å². The van der Waals surface area contributed by atoms with Gasteiger partial charge in [0.25, 0.3) is 0 Å². The maximum Gasteiger partial charge on any atom is 0.306 e. The molecule has 1 aliphatic rings. The number of carboxylic acids is 1. The van der Waals surface area contributed by atoms with Gasteiger partial charge in [-0.05, 0) is 0 Å². The summed E-state index contributed by atoms with van der Waals surface area (Å²) < 4.78 is 9.54. The lowest BCUT2D eigenvalue weighted by atomic mass is 10.1. The number of rotatable bonds is 6. The van der Waals surface area contributed by atoms with E-state index in [1.807, 2.05) is 0 Å². The van der Waals surface area contributed by atoms with Gasteiger partial charge in [0.15, 0.2) is 12.4 Å². The van der Waals surface area contributed by atoms with Gasteiger partial charge in [-0.3, -0.25) is 9.59 Å². The molecule has 0 amide bonds. The van der Waals surface area contributed by atoms with E-state index in [-0.39, 0.29) is 0 Å². The Morgan fingerprint density at radius 3 is 2.42 bits per heavy atom. The molecule has 0 aromatic carbocycles. The van der Waals surface area contributed by atoms with Gasteiger partial charge in [0.1, 0.15) is 18.3 Å². The van der Waals surface area contributed by atoms with Crippen molar-refractivity contribution in [1.29, 1.82) is 0 Å². The van der Waals surface area contributed by atoms with E-state index in [0.29, 0.717) is 0 Å². The summed E-state index contributed by atoms with van der Waals surface area (Å²) in [5.41, 5.74) is 0. The van der Waals surface area contributed by atoms with Gasteiger partial charge < -0.3 is 35.0 Å². The van der Waals surface area contributed by atoms with E-state index in [0.717, 1.165) is 0 Å². The van der Waals surface area contributed by atoms with Crippen molar-refractivity contribution in [1.82, 2.24) is 0 Å². The third-order valence-corrected chi connectivity index (χ3v) is 2.63. The van der Waals surface area contributed by atoms with Crippen LogP contribution in [-0.2, 0) is 19.1 Å². The third kappa shape index (κ3) is 4.11. The van der Waals surface area contributed by atoms with E-state index in [1.54, 1.807) is 0 Å². The van der Waals surface area contributed by atoms with Crippen LogP contribution in [0.25, 0.3) is 0 Å². The van der Waals surface area contributed by atoms with Crippen LogP contribution in [0.2, 0.25) is 0 Å². The predicted molar refractivity (Wildman–Crippen MR) is 56.7 cm³/mol. The smallest absolute Gasteiger partial charge is 0.306 e. The summed E-state index contributed by atoms with van der Waals surface area (Å²) in [6.45, 7) is -0.715. The van der Waals surface area contributed by atoms with Crippen LogP contribution in [0.4, 0.5) is 0 Å². The van der Waals surface area contributed by atoms with Crippen LogP contribution in [0.1, 0.15) is 12.8 Å². The standard InChI is InChI=1S/C10H16O9/c11-3-4(12)8-9(7(16)10(17)19-8)18-6(15)2-1-5(13)14/h4,7-12,16-17H,1-3H2,(H,13,14)/t4-,7-,8-,9-,10+/m1/s1. The lowest BCUT2D eigenvalue weighted by Crippen LogP contribution is -2.43. The van der Waals surface area contributed by atoms with Gasteiger partial charge >= 0.3 is 11.9 Å². The van der Waals surface area contributed by atoms with Gasteiger partial charge in [0.2, 0.25) is 0 Å². The molecule has 0 bridgehead atoms. The van der Waals surface area contributed by atoms with Gasteiger partial charge in [-0.2, -0.15) is 0 Å². The van der Waals surface area contributed by atoms with Crippen LogP contribution in [-0.4, -0.2) is 74.8 Å². The summed E-state index contributed by atoms with van der Waals surface area (Å²) in [6, 6.07) is 0. The van der Waals surface area contributed by atoms with Gasteiger partial charge in [0, 0.05) is 0 Å². The largest absolute Gasteiger partial charge is 0.481 e. The molecule has 1 rings (SSSR count). The van der Waals surface area contributed by atoms with Crippen molar-refractivity contribution >= 4 is 11.9 Å². The van der Waals surface area contributed by atoms with Crippen molar-refractivity contribution in [3.05, 3.63) is 0 Å². The highest BCUT2D eigenvalue weighted by molar-refractivity contribution is 5.76. The molecular weight excluding hydrogens is 264 g/mol. The molecule has 0 unspecified atom stereocenters. The minimum atomic E-state index is -1.66. The third-order valence-electron chi connectivity index (χ3n) is 2.63. The summed E-state index contributed by atoms with van der Waals surface area (Å²) in [5, 5.41) is 45.4. The number of esters is 1. The van der Waals surface area contributed by atoms with E-state index in [9.17, 15) is 24.9 Å². The first-order valence-electron chi connectivity index (χ1n) is 5.58. The van der Waals surface area contributed by atoms with Crippen molar-refractivity contribution in [2.24, 2.45) is 0 Å². The molecule has 1 heterocycles. The summed E-state index contributed by atoms with van der Waals surface area (Å²) in [7, 11) is 0. The van der Waals surface area contributed by atoms with Crippen molar-refractivity contribution in [2.45, 2.75) is 43.5 Å². The van der Waals surface area contributed by atoms with E-state index in [4.69, 9.17) is 19.7 Å². The SMILES string of the molecule is O=C(O)CCC(=O)O[C@@H]1[C@@H](O)[C@@H](O)O[C@@H]1[C@H](O)CO. The highest BCUT2D eigenvalue weighted by Gasteiger charge is 2.48. The number of aliphatic hydroxyl groups excluding tert-OH is 4. The summed E-state index contributed by atoms with van der Waals surface area (Å²) in [4.78, 5) is 21.6.